The number of carbonyl (C=O) groups excluding carboxylic acids is 1. The highest BCUT2D eigenvalue weighted by molar-refractivity contribution is 6.30. The van der Waals surface area contributed by atoms with Crippen LogP contribution >= 0.6 is 11.6 Å². The van der Waals surface area contributed by atoms with E-state index in [1.54, 1.807) is 0 Å². The van der Waals surface area contributed by atoms with Crippen LogP contribution in [0.25, 0.3) is 11.1 Å². The van der Waals surface area contributed by atoms with Gasteiger partial charge in [0.1, 0.15) is 5.69 Å². The molecule has 25 heavy (non-hydrogen) atoms. The van der Waals surface area contributed by atoms with Gasteiger partial charge < -0.3 is 14.6 Å². The molecule has 6 heteroatoms. The number of carbonyl (C=O) groups is 1. The highest BCUT2D eigenvalue weighted by Gasteiger charge is 2.15. The van der Waals surface area contributed by atoms with E-state index in [0.717, 1.165) is 50.5 Å². The molecule has 1 N–H and O–H groups in total. The molecule has 0 radical (unpaired) electrons. The van der Waals surface area contributed by atoms with E-state index < -0.39 is 0 Å². The lowest BCUT2D eigenvalue weighted by Gasteiger charge is -2.26. The van der Waals surface area contributed by atoms with Crippen LogP contribution in [0.3, 0.4) is 0 Å². The van der Waals surface area contributed by atoms with Crippen molar-refractivity contribution in [1.29, 1.82) is 0 Å². The Labute approximate surface area is 153 Å². The Hall–Kier alpha value is -1.82. The van der Waals surface area contributed by atoms with Crippen LogP contribution in [0.5, 0.6) is 0 Å². The predicted molar refractivity (Wildman–Crippen MR) is 100 cm³/mol. The molecule has 1 fully saturated rings. The van der Waals surface area contributed by atoms with Gasteiger partial charge in [0.25, 0.3) is 5.91 Å². The number of morpholine rings is 1. The molecule has 1 aromatic heterocycles. The number of rotatable bonds is 6. The summed E-state index contributed by atoms with van der Waals surface area (Å²) in [6.07, 6.45) is 2.01. The van der Waals surface area contributed by atoms with Gasteiger partial charge in [0, 0.05) is 49.5 Å². The molecule has 0 spiro atoms. The summed E-state index contributed by atoms with van der Waals surface area (Å²) in [5.41, 5.74) is 2.77. The first-order chi connectivity index (χ1) is 12.2. The molecule has 5 nitrogen and oxygen atoms in total. The maximum Gasteiger partial charge on any atom is 0.267 e. The lowest BCUT2D eigenvalue weighted by atomic mass is 10.1. The van der Waals surface area contributed by atoms with Crippen LogP contribution in [0.4, 0.5) is 0 Å². The summed E-state index contributed by atoms with van der Waals surface area (Å²) in [4.78, 5) is 14.9. The number of hydrogen-bond donors (Lipinski definition) is 1. The highest BCUT2D eigenvalue weighted by Crippen LogP contribution is 2.24. The van der Waals surface area contributed by atoms with Gasteiger partial charge in [0.05, 0.1) is 13.2 Å². The maximum absolute atomic E-state index is 12.6. The molecule has 1 aromatic carbocycles. The van der Waals surface area contributed by atoms with Crippen molar-refractivity contribution in [3.63, 3.8) is 0 Å². The number of benzene rings is 1. The summed E-state index contributed by atoms with van der Waals surface area (Å²) in [5, 5.41) is 3.74. The molecule has 1 amide bonds. The van der Waals surface area contributed by atoms with E-state index >= 15 is 0 Å². The monoisotopic (exact) mass is 361 g/mol. The fourth-order valence-corrected chi connectivity index (χ4v) is 3.13. The van der Waals surface area contributed by atoms with Crippen molar-refractivity contribution < 1.29 is 9.53 Å². The van der Waals surface area contributed by atoms with Gasteiger partial charge in [-0.1, -0.05) is 23.7 Å². The molecule has 1 aliphatic heterocycles. The zero-order valence-corrected chi connectivity index (χ0v) is 15.3. The van der Waals surface area contributed by atoms with E-state index in [-0.39, 0.29) is 5.91 Å². The van der Waals surface area contributed by atoms with Gasteiger partial charge in [0.2, 0.25) is 0 Å². The number of aryl methyl sites for hydroxylation is 1. The van der Waals surface area contributed by atoms with Crippen molar-refractivity contribution in [2.45, 2.75) is 13.5 Å². The molecule has 3 rings (SSSR count). The molecule has 0 saturated carbocycles. The lowest BCUT2D eigenvalue weighted by molar-refractivity contribution is 0.0383. The molecule has 2 heterocycles. The number of aromatic nitrogens is 1. The molecule has 2 aromatic rings. The Morgan fingerprint density at radius 3 is 2.60 bits per heavy atom. The van der Waals surface area contributed by atoms with E-state index in [9.17, 15) is 4.79 Å². The lowest BCUT2D eigenvalue weighted by Crippen LogP contribution is -2.41. The van der Waals surface area contributed by atoms with E-state index in [2.05, 4.69) is 10.2 Å². The van der Waals surface area contributed by atoms with Gasteiger partial charge in [-0.15, -0.1) is 0 Å². The van der Waals surface area contributed by atoms with Crippen LogP contribution in [0.1, 0.15) is 17.4 Å². The number of nitrogens with zero attached hydrogens (tertiary/aromatic N) is 2. The first-order valence-corrected chi connectivity index (χ1v) is 9.09. The summed E-state index contributed by atoms with van der Waals surface area (Å²) in [6.45, 7) is 7.70. The molecule has 0 aliphatic carbocycles. The Morgan fingerprint density at radius 2 is 1.92 bits per heavy atom. The second-order valence-electron chi connectivity index (χ2n) is 6.12. The zero-order valence-electron chi connectivity index (χ0n) is 14.5. The molecule has 0 bridgehead atoms. The minimum absolute atomic E-state index is 0.0321. The van der Waals surface area contributed by atoms with Crippen molar-refractivity contribution in [2.24, 2.45) is 0 Å². The minimum Gasteiger partial charge on any atom is -0.379 e. The number of hydrogen-bond acceptors (Lipinski definition) is 3. The Kier molecular flexibility index (Phi) is 6.13. The number of halogens is 1. The highest BCUT2D eigenvalue weighted by atomic mass is 35.5. The Balaban J connectivity index is 1.64. The van der Waals surface area contributed by atoms with Crippen LogP contribution in [0.2, 0.25) is 5.02 Å². The van der Waals surface area contributed by atoms with Gasteiger partial charge >= 0.3 is 0 Å². The van der Waals surface area contributed by atoms with Crippen LogP contribution in [0, 0.1) is 0 Å². The van der Waals surface area contributed by atoms with Crippen LogP contribution in [-0.2, 0) is 11.3 Å². The number of ether oxygens (including phenoxy) is 1. The van der Waals surface area contributed by atoms with Crippen molar-refractivity contribution >= 4 is 17.5 Å². The van der Waals surface area contributed by atoms with Gasteiger partial charge in [-0.3, -0.25) is 9.69 Å². The van der Waals surface area contributed by atoms with E-state index in [0.29, 0.717) is 17.3 Å². The number of amides is 1. The summed E-state index contributed by atoms with van der Waals surface area (Å²) < 4.78 is 7.32. The molecule has 1 saturated heterocycles. The van der Waals surface area contributed by atoms with Gasteiger partial charge in [-0.2, -0.15) is 0 Å². The average Bonchev–Trinajstić information content (AvgIpc) is 3.07. The fourth-order valence-electron chi connectivity index (χ4n) is 3.01. The second-order valence-corrected chi connectivity index (χ2v) is 6.55. The summed E-state index contributed by atoms with van der Waals surface area (Å²) in [6, 6.07) is 9.61. The minimum atomic E-state index is -0.0321. The quantitative estimate of drug-likeness (QED) is 0.860. The van der Waals surface area contributed by atoms with Crippen molar-refractivity contribution in [3.05, 3.63) is 47.2 Å². The van der Waals surface area contributed by atoms with E-state index in [4.69, 9.17) is 16.3 Å². The standard InChI is InChI=1S/C19H24ClN3O2/c1-2-23-14-16(15-3-5-17(20)6-4-15)13-18(23)19(24)21-7-8-22-9-11-25-12-10-22/h3-6,13-14H,2,7-12H2,1H3,(H,21,24). The third-order valence-corrected chi connectivity index (χ3v) is 4.72. The first-order valence-electron chi connectivity index (χ1n) is 8.72. The normalized spacial score (nSPS) is 15.3. The van der Waals surface area contributed by atoms with Crippen molar-refractivity contribution in [2.75, 3.05) is 39.4 Å². The maximum atomic E-state index is 12.6. The molecule has 0 atom stereocenters. The summed E-state index contributed by atoms with van der Waals surface area (Å²) in [7, 11) is 0. The Morgan fingerprint density at radius 1 is 1.20 bits per heavy atom. The molecular weight excluding hydrogens is 338 g/mol. The van der Waals surface area contributed by atoms with Gasteiger partial charge in [-0.05, 0) is 30.7 Å². The van der Waals surface area contributed by atoms with E-state index in [1.165, 1.54) is 0 Å². The molecular formula is C19H24ClN3O2. The fraction of sp³-hybridized carbons (Fsp3) is 0.421. The third kappa shape index (κ3) is 4.63. The van der Waals surface area contributed by atoms with E-state index in [1.807, 2.05) is 48.0 Å². The molecule has 1 aliphatic rings. The number of nitrogens with one attached hydrogen (secondary N) is 1. The largest absolute Gasteiger partial charge is 0.379 e. The average molecular weight is 362 g/mol. The van der Waals surface area contributed by atoms with Crippen LogP contribution < -0.4 is 5.32 Å². The Bertz CT molecular complexity index is 706. The summed E-state index contributed by atoms with van der Waals surface area (Å²) >= 11 is 5.95. The van der Waals surface area contributed by atoms with Crippen molar-refractivity contribution in [1.82, 2.24) is 14.8 Å². The van der Waals surface area contributed by atoms with Gasteiger partial charge in [0.15, 0.2) is 0 Å². The summed E-state index contributed by atoms with van der Waals surface area (Å²) in [5.74, 6) is -0.0321. The van der Waals surface area contributed by atoms with Gasteiger partial charge in [-0.25, -0.2) is 0 Å². The topological polar surface area (TPSA) is 46.5 Å². The molecule has 0 unspecified atom stereocenters. The second kappa shape index (κ2) is 8.52. The predicted octanol–water partition coefficient (Wildman–Crippen LogP) is 2.89. The SMILES string of the molecule is CCn1cc(-c2ccc(Cl)cc2)cc1C(=O)NCCN1CCOCC1. The third-order valence-electron chi connectivity index (χ3n) is 4.46. The van der Waals surface area contributed by atoms with Crippen LogP contribution in [0.15, 0.2) is 36.5 Å². The first kappa shape index (κ1) is 18.0. The van der Waals surface area contributed by atoms with Crippen molar-refractivity contribution in [3.8, 4) is 11.1 Å². The smallest absolute Gasteiger partial charge is 0.267 e. The molecule has 134 valence electrons. The zero-order chi connectivity index (χ0) is 17.6. The van der Waals surface area contributed by atoms with Crippen LogP contribution in [-0.4, -0.2) is 54.8 Å².